The van der Waals surface area contributed by atoms with Crippen molar-refractivity contribution in [2.75, 3.05) is 0 Å². The lowest BCUT2D eigenvalue weighted by molar-refractivity contribution is -0.0328. The SMILES string of the molecule is NNC(=O)c1ccccc1SC(F)(F)F. The molecule has 1 rings (SSSR count). The van der Waals surface area contributed by atoms with E-state index in [1.165, 1.54) is 24.3 Å². The first-order valence-corrected chi connectivity index (χ1v) is 4.61. The summed E-state index contributed by atoms with van der Waals surface area (Å²) in [6.07, 6.45) is 0. The molecule has 0 radical (unpaired) electrons. The quantitative estimate of drug-likeness (QED) is 0.357. The first kappa shape index (κ1) is 11.9. The lowest BCUT2D eigenvalue weighted by atomic mass is 10.2. The predicted octanol–water partition coefficient (Wildman–Crippen LogP) is 1.90. The molecule has 3 nitrogen and oxygen atoms in total. The molecule has 1 amide bonds. The highest BCUT2D eigenvalue weighted by molar-refractivity contribution is 8.00. The molecule has 0 saturated heterocycles. The second kappa shape index (κ2) is 4.54. The molecule has 0 spiro atoms. The van der Waals surface area contributed by atoms with Crippen molar-refractivity contribution in [1.82, 2.24) is 5.43 Å². The van der Waals surface area contributed by atoms with Crippen LogP contribution >= 0.6 is 11.8 Å². The van der Waals surface area contributed by atoms with Crippen LogP contribution in [-0.2, 0) is 0 Å². The summed E-state index contributed by atoms with van der Waals surface area (Å²) in [6, 6.07) is 5.37. The maximum absolute atomic E-state index is 12.1. The van der Waals surface area contributed by atoms with E-state index in [0.717, 1.165) is 0 Å². The van der Waals surface area contributed by atoms with E-state index in [1.807, 2.05) is 0 Å². The van der Waals surface area contributed by atoms with Gasteiger partial charge in [-0.1, -0.05) is 12.1 Å². The Morgan fingerprint density at radius 2 is 1.93 bits per heavy atom. The van der Waals surface area contributed by atoms with Gasteiger partial charge in [0, 0.05) is 4.90 Å². The van der Waals surface area contributed by atoms with Crippen LogP contribution in [0.15, 0.2) is 29.2 Å². The van der Waals surface area contributed by atoms with Crippen molar-refractivity contribution in [3.05, 3.63) is 29.8 Å². The van der Waals surface area contributed by atoms with E-state index in [0.29, 0.717) is 0 Å². The van der Waals surface area contributed by atoms with Crippen molar-refractivity contribution in [2.24, 2.45) is 5.84 Å². The number of rotatable bonds is 2. The average Bonchev–Trinajstić information content (AvgIpc) is 2.15. The van der Waals surface area contributed by atoms with Crippen molar-refractivity contribution < 1.29 is 18.0 Å². The summed E-state index contributed by atoms with van der Waals surface area (Å²) >= 11 is -0.345. The van der Waals surface area contributed by atoms with E-state index in [9.17, 15) is 18.0 Å². The zero-order chi connectivity index (χ0) is 11.5. The Kier molecular flexibility index (Phi) is 3.59. The number of alkyl halides is 3. The second-order valence-electron chi connectivity index (χ2n) is 2.52. The van der Waals surface area contributed by atoms with Gasteiger partial charge in [-0.15, -0.1) is 0 Å². The van der Waals surface area contributed by atoms with Crippen LogP contribution in [-0.4, -0.2) is 11.4 Å². The third-order valence-electron chi connectivity index (χ3n) is 1.49. The minimum atomic E-state index is -4.43. The Bertz CT molecular complexity index is 367. The number of nitrogen functional groups attached to an aromatic ring is 1. The van der Waals surface area contributed by atoms with E-state index >= 15 is 0 Å². The molecule has 7 heteroatoms. The van der Waals surface area contributed by atoms with Crippen LogP contribution < -0.4 is 11.3 Å². The molecular weight excluding hydrogens is 229 g/mol. The fraction of sp³-hybridized carbons (Fsp3) is 0.125. The zero-order valence-corrected chi connectivity index (χ0v) is 8.15. The molecule has 1 aromatic carbocycles. The normalized spacial score (nSPS) is 11.2. The van der Waals surface area contributed by atoms with Gasteiger partial charge in [-0.25, -0.2) is 5.84 Å². The summed E-state index contributed by atoms with van der Waals surface area (Å²) in [5, 5.41) is 0. The van der Waals surface area contributed by atoms with Crippen LogP contribution in [0.25, 0.3) is 0 Å². The number of nitrogens with one attached hydrogen (secondary N) is 1. The number of hydrogen-bond donors (Lipinski definition) is 2. The number of hydrazine groups is 1. The van der Waals surface area contributed by atoms with Gasteiger partial charge >= 0.3 is 5.51 Å². The molecule has 0 aliphatic carbocycles. The minimum absolute atomic E-state index is 0.0951. The molecule has 0 saturated carbocycles. The first-order chi connectivity index (χ1) is 6.94. The molecule has 0 aromatic heterocycles. The fourth-order valence-corrected chi connectivity index (χ4v) is 1.61. The molecule has 0 heterocycles. The van der Waals surface area contributed by atoms with E-state index in [-0.39, 0.29) is 22.2 Å². The first-order valence-electron chi connectivity index (χ1n) is 3.80. The van der Waals surface area contributed by atoms with Gasteiger partial charge in [0.1, 0.15) is 0 Å². The van der Waals surface area contributed by atoms with Gasteiger partial charge in [0.15, 0.2) is 0 Å². The molecule has 3 N–H and O–H groups in total. The van der Waals surface area contributed by atoms with Crippen LogP contribution in [0.5, 0.6) is 0 Å². The molecule has 0 fully saturated rings. The molecular formula is C8H7F3N2OS. The maximum Gasteiger partial charge on any atom is 0.446 e. The van der Waals surface area contributed by atoms with E-state index < -0.39 is 11.4 Å². The van der Waals surface area contributed by atoms with Crippen LogP contribution in [0, 0.1) is 0 Å². The Balaban J connectivity index is 3.02. The van der Waals surface area contributed by atoms with E-state index in [1.54, 1.807) is 5.43 Å². The van der Waals surface area contributed by atoms with Gasteiger partial charge < -0.3 is 0 Å². The van der Waals surface area contributed by atoms with Crippen LogP contribution in [0.1, 0.15) is 10.4 Å². The van der Waals surface area contributed by atoms with Crippen LogP contribution in [0.2, 0.25) is 0 Å². The number of carbonyl (C=O) groups excluding carboxylic acids is 1. The Hall–Kier alpha value is -1.21. The Morgan fingerprint density at radius 3 is 2.47 bits per heavy atom. The molecule has 0 bridgehead atoms. The Labute approximate surface area is 87.8 Å². The van der Waals surface area contributed by atoms with E-state index in [4.69, 9.17) is 5.84 Å². The number of halogens is 3. The lowest BCUT2D eigenvalue weighted by Gasteiger charge is -2.09. The average molecular weight is 236 g/mol. The number of benzene rings is 1. The molecule has 0 aliphatic heterocycles. The maximum atomic E-state index is 12.1. The number of amides is 1. The molecule has 1 aromatic rings. The standard InChI is InChI=1S/C8H7F3N2OS/c9-8(10,11)15-6-4-2-1-3-5(6)7(14)13-12/h1-4H,12H2,(H,13,14). The smallest absolute Gasteiger partial charge is 0.290 e. The van der Waals surface area contributed by atoms with Crippen molar-refractivity contribution in [3.63, 3.8) is 0 Å². The summed E-state index contributed by atoms with van der Waals surface area (Å²) in [6.45, 7) is 0. The third kappa shape index (κ3) is 3.45. The highest BCUT2D eigenvalue weighted by Gasteiger charge is 2.31. The van der Waals surface area contributed by atoms with Crippen molar-refractivity contribution >= 4 is 17.7 Å². The monoisotopic (exact) mass is 236 g/mol. The highest BCUT2D eigenvalue weighted by Crippen LogP contribution is 2.38. The fourth-order valence-electron chi connectivity index (χ4n) is 0.946. The van der Waals surface area contributed by atoms with Crippen LogP contribution in [0.3, 0.4) is 0 Å². The largest absolute Gasteiger partial charge is 0.446 e. The molecule has 82 valence electrons. The van der Waals surface area contributed by atoms with Crippen molar-refractivity contribution in [3.8, 4) is 0 Å². The number of thioether (sulfide) groups is 1. The predicted molar refractivity (Wildman–Crippen MR) is 50.0 cm³/mol. The molecule has 0 atom stereocenters. The summed E-state index contributed by atoms with van der Waals surface area (Å²) in [4.78, 5) is 10.9. The topological polar surface area (TPSA) is 55.1 Å². The third-order valence-corrected chi connectivity index (χ3v) is 2.30. The second-order valence-corrected chi connectivity index (χ2v) is 3.62. The number of hydrogen-bond acceptors (Lipinski definition) is 3. The number of nitrogens with two attached hydrogens (primary N) is 1. The van der Waals surface area contributed by atoms with Gasteiger partial charge in [0.2, 0.25) is 0 Å². The highest BCUT2D eigenvalue weighted by atomic mass is 32.2. The molecule has 0 aliphatic rings. The van der Waals surface area contributed by atoms with Gasteiger partial charge in [-0.05, 0) is 23.9 Å². The lowest BCUT2D eigenvalue weighted by Crippen LogP contribution is -2.30. The van der Waals surface area contributed by atoms with Gasteiger partial charge in [0.05, 0.1) is 5.56 Å². The molecule has 0 unspecified atom stereocenters. The molecule has 15 heavy (non-hydrogen) atoms. The number of carbonyl (C=O) groups is 1. The summed E-state index contributed by atoms with van der Waals surface area (Å²) < 4.78 is 36.3. The van der Waals surface area contributed by atoms with Crippen LogP contribution in [0.4, 0.5) is 13.2 Å². The van der Waals surface area contributed by atoms with Crippen molar-refractivity contribution in [1.29, 1.82) is 0 Å². The van der Waals surface area contributed by atoms with Crippen molar-refractivity contribution in [2.45, 2.75) is 10.4 Å². The summed E-state index contributed by atoms with van der Waals surface area (Å²) in [7, 11) is 0. The van der Waals surface area contributed by atoms with E-state index in [2.05, 4.69) is 0 Å². The summed E-state index contributed by atoms with van der Waals surface area (Å²) in [5.41, 5.74) is -2.73. The summed E-state index contributed by atoms with van der Waals surface area (Å²) in [5.74, 6) is 4.10. The minimum Gasteiger partial charge on any atom is -0.290 e. The van der Waals surface area contributed by atoms with Gasteiger partial charge in [-0.2, -0.15) is 13.2 Å². The Morgan fingerprint density at radius 1 is 1.33 bits per heavy atom. The van der Waals surface area contributed by atoms with Gasteiger partial charge in [0.25, 0.3) is 5.91 Å². The van der Waals surface area contributed by atoms with Gasteiger partial charge in [-0.3, -0.25) is 10.2 Å². The zero-order valence-electron chi connectivity index (χ0n) is 7.34.